The molecule has 2 unspecified atom stereocenters. The van der Waals surface area contributed by atoms with Gasteiger partial charge < -0.3 is 9.64 Å². The molecule has 0 radical (unpaired) electrons. The number of carbonyl (C=O) groups is 3. The van der Waals surface area contributed by atoms with Crippen LogP contribution < -0.4 is 15.6 Å². The lowest BCUT2D eigenvalue weighted by Crippen LogP contribution is -2.52. The van der Waals surface area contributed by atoms with Gasteiger partial charge in [-0.25, -0.2) is 4.39 Å². The van der Waals surface area contributed by atoms with E-state index in [9.17, 15) is 18.8 Å². The third-order valence-corrected chi connectivity index (χ3v) is 5.49. The van der Waals surface area contributed by atoms with Crippen molar-refractivity contribution in [2.24, 2.45) is 5.92 Å². The number of thiophene rings is 1. The van der Waals surface area contributed by atoms with E-state index in [0.717, 1.165) is 0 Å². The zero-order valence-electron chi connectivity index (χ0n) is 15.9. The predicted octanol–water partition coefficient (Wildman–Crippen LogP) is 2.35. The third-order valence-electron chi connectivity index (χ3n) is 4.63. The van der Waals surface area contributed by atoms with Crippen molar-refractivity contribution in [1.29, 1.82) is 0 Å². The Hall–Kier alpha value is -2.94. The van der Waals surface area contributed by atoms with Crippen LogP contribution in [0.25, 0.3) is 0 Å². The Kier molecular flexibility index (Phi) is 6.82. The number of carbonyl (C=O) groups excluding carboxylic acids is 3. The number of para-hydroxylation sites is 1. The lowest BCUT2D eigenvalue weighted by atomic mass is 9.97. The molecule has 2 heterocycles. The maximum atomic E-state index is 13.6. The Labute approximate surface area is 171 Å². The molecule has 3 amide bonds. The molecular weight excluding hydrogens is 397 g/mol. The predicted molar refractivity (Wildman–Crippen MR) is 106 cm³/mol. The van der Waals surface area contributed by atoms with Crippen LogP contribution in [0.4, 0.5) is 4.39 Å². The van der Waals surface area contributed by atoms with Crippen LogP contribution in [0.15, 0.2) is 41.8 Å². The van der Waals surface area contributed by atoms with E-state index in [1.165, 1.54) is 36.5 Å². The van der Waals surface area contributed by atoms with Crippen molar-refractivity contribution in [3.8, 4) is 5.75 Å². The first kappa shape index (κ1) is 20.8. The van der Waals surface area contributed by atoms with E-state index in [1.54, 1.807) is 17.0 Å². The molecular formula is C20H22FN3O4S. The summed E-state index contributed by atoms with van der Waals surface area (Å²) in [5, 5.41) is 1.83. The number of benzene rings is 1. The van der Waals surface area contributed by atoms with Gasteiger partial charge in [-0.2, -0.15) is 0 Å². The third kappa shape index (κ3) is 5.32. The van der Waals surface area contributed by atoms with Gasteiger partial charge in [-0.05, 0) is 43.3 Å². The molecule has 0 saturated carbocycles. The zero-order chi connectivity index (χ0) is 20.8. The zero-order valence-corrected chi connectivity index (χ0v) is 16.7. The largest absolute Gasteiger partial charge is 0.478 e. The van der Waals surface area contributed by atoms with Gasteiger partial charge in [-0.15, -0.1) is 11.3 Å². The average molecular weight is 419 g/mol. The van der Waals surface area contributed by atoms with Crippen molar-refractivity contribution in [2.75, 3.05) is 13.1 Å². The summed E-state index contributed by atoms with van der Waals surface area (Å²) in [5.74, 6) is -2.11. The van der Waals surface area contributed by atoms with Crippen LogP contribution in [0.2, 0.25) is 0 Å². The van der Waals surface area contributed by atoms with Crippen LogP contribution in [-0.2, 0) is 9.59 Å². The number of piperidine rings is 1. The van der Waals surface area contributed by atoms with Gasteiger partial charge in [0.15, 0.2) is 17.7 Å². The van der Waals surface area contributed by atoms with Crippen LogP contribution in [0.3, 0.4) is 0 Å². The lowest BCUT2D eigenvalue weighted by Gasteiger charge is -2.31. The van der Waals surface area contributed by atoms with Gasteiger partial charge in [0, 0.05) is 13.1 Å². The Morgan fingerprint density at radius 3 is 2.72 bits per heavy atom. The average Bonchev–Trinajstić information content (AvgIpc) is 3.27. The summed E-state index contributed by atoms with van der Waals surface area (Å²) in [4.78, 5) is 39.3. The minimum Gasteiger partial charge on any atom is -0.478 e. The molecule has 1 aromatic carbocycles. The number of hydrogen-bond acceptors (Lipinski definition) is 5. The molecule has 2 aromatic rings. The van der Waals surface area contributed by atoms with E-state index in [0.29, 0.717) is 30.8 Å². The van der Waals surface area contributed by atoms with Crippen molar-refractivity contribution < 1.29 is 23.5 Å². The standard InChI is InChI=1S/C20H22FN3O4S/c1-13(28-16-8-3-2-7-15(16)21)18(25)22-23-19(26)14-6-4-10-24(12-14)20(27)17-9-5-11-29-17/h2-3,5,7-9,11,13-14H,4,6,10,12H2,1H3,(H,22,25)(H,23,26). The molecule has 1 aliphatic rings. The first-order chi connectivity index (χ1) is 14.0. The molecule has 1 fully saturated rings. The molecule has 1 saturated heterocycles. The monoisotopic (exact) mass is 419 g/mol. The molecule has 0 spiro atoms. The van der Waals surface area contributed by atoms with Crippen molar-refractivity contribution in [3.63, 3.8) is 0 Å². The first-order valence-electron chi connectivity index (χ1n) is 9.29. The number of halogens is 1. The molecule has 29 heavy (non-hydrogen) atoms. The molecule has 0 aliphatic carbocycles. The summed E-state index contributed by atoms with van der Waals surface area (Å²) in [5.41, 5.74) is 4.68. The number of ether oxygens (including phenoxy) is 1. The lowest BCUT2D eigenvalue weighted by molar-refractivity contribution is -0.135. The molecule has 7 nitrogen and oxygen atoms in total. The highest BCUT2D eigenvalue weighted by Gasteiger charge is 2.29. The molecule has 2 N–H and O–H groups in total. The van der Waals surface area contributed by atoms with Gasteiger partial charge in [0.25, 0.3) is 11.8 Å². The number of rotatable bonds is 5. The quantitative estimate of drug-likeness (QED) is 0.729. The van der Waals surface area contributed by atoms with Gasteiger partial charge in [0.2, 0.25) is 5.91 Å². The highest BCUT2D eigenvalue weighted by atomic mass is 32.1. The van der Waals surface area contributed by atoms with E-state index < -0.39 is 23.7 Å². The van der Waals surface area contributed by atoms with Gasteiger partial charge in [-0.1, -0.05) is 18.2 Å². The number of hydrazine groups is 1. The van der Waals surface area contributed by atoms with Crippen LogP contribution in [-0.4, -0.2) is 41.8 Å². The molecule has 1 aromatic heterocycles. The molecule has 154 valence electrons. The number of nitrogens with zero attached hydrogens (tertiary/aromatic N) is 1. The van der Waals surface area contributed by atoms with E-state index >= 15 is 0 Å². The van der Waals surface area contributed by atoms with Gasteiger partial charge in [0.05, 0.1) is 10.8 Å². The second-order valence-electron chi connectivity index (χ2n) is 6.74. The summed E-state index contributed by atoms with van der Waals surface area (Å²) < 4.78 is 18.9. The minimum absolute atomic E-state index is 0.0449. The number of hydrogen-bond donors (Lipinski definition) is 2. The Morgan fingerprint density at radius 1 is 1.21 bits per heavy atom. The summed E-state index contributed by atoms with van der Waals surface area (Å²) in [6.07, 6.45) is 0.322. The molecule has 9 heteroatoms. The summed E-state index contributed by atoms with van der Waals surface area (Å²) in [6.45, 7) is 2.34. The fraction of sp³-hybridized carbons (Fsp3) is 0.350. The Morgan fingerprint density at radius 2 is 2.00 bits per heavy atom. The number of nitrogens with one attached hydrogen (secondary N) is 2. The van der Waals surface area contributed by atoms with Crippen molar-refractivity contribution in [1.82, 2.24) is 15.8 Å². The highest BCUT2D eigenvalue weighted by molar-refractivity contribution is 7.12. The Balaban J connectivity index is 1.48. The first-order valence-corrected chi connectivity index (χ1v) is 10.2. The van der Waals surface area contributed by atoms with E-state index in [1.807, 2.05) is 11.4 Å². The van der Waals surface area contributed by atoms with Crippen LogP contribution in [0.1, 0.15) is 29.4 Å². The van der Waals surface area contributed by atoms with Crippen LogP contribution in [0, 0.1) is 11.7 Å². The second kappa shape index (κ2) is 9.51. The molecule has 0 bridgehead atoms. The van der Waals surface area contributed by atoms with Crippen molar-refractivity contribution >= 4 is 29.1 Å². The summed E-state index contributed by atoms with van der Waals surface area (Å²) in [6, 6.07) is 9.33. The van der Waals surface area contributed by atoms with E-state index in [4.69, 9.17) is 4.74 Å². The van der Waals surface area contributed by atoms with E-state index in [2.05, 4.69) is 10.9 Å². The maximum Gasteiger partial charge on any atom is 0.279 e. The molecule has 2 atom stereocenters. The molecule has 3 rings (SSSR count). The second-order valence-corrected chi connectivity index (χ2v) is 7.68. The number of amides is 3. The van der Waals surface area contributed by atoms with Crippen molar-refractivity contribution in [3.05, 3.63) is 52.5 Å². The Bertz CT molecular complexity index is 874. The summed E-state index contributed by atoms with van der Waals surface area (Å²) in [7, 11) is 0. The topological polar surface area (TPSA) is 87.7 Å². The van der Waals surface area contributed by atoms with Crippen molar-refractivity contribution in [2.45, 2.75) is 25.9 Å². The van der Waals surface area contributed by atoms with Gasteiger partial charge in [0.1, 0.15) is 0 Å². The SMILES string of the molecule is CC(Oc1ccccc1F)C(=O)NNC(=O)C1CCCN(C(=O)c2cccs2)C1. The smallest absolute Gasteiger partial charge is 0.279 e. The fourth-order valence-corrected chi connectivity index (χ4v) is 3.73. The molecule has 1 aliphatic heterocycles. The summed E-state index contributed by atoms with van der Waals surface area (Å²) >= 11 is 1.36. The van der Waals surface area contributed by atoms with Gasteiger partial charge in [-0.3, -0.25) is 25.2 Å². The number of likely N-dealkylation sites (tertiary alicyclic amines) is 1. The van der Waals surface area contributed by atoms with Crippen LogP contribution in [0.5, 0.6) is 5.75 Å². The normalized spacial score (nSPS) is 17.3. The van der Waals surface area contributed by atoms with Crippen LogP contribution >= 0.6 is 11.3 Å². The van der Waals surface area contributed by atoms with Gasteiger partial charge >= 0.3 is 0 Å². The fourth-order valence-electron chi connectivity index (χ4n) is 3.04. The highest BCUT2D eigenvalue weighted by Crippen LogP contribution is 2.21. The maximum absolute atomic E-state index is 13.6. The minimum atomic E-state index is -1.00. The van der Waals surface area contributed by atoms with E-state index in [-0.39, 0.29) is 17.6 Å².